The Kier molecular flexibility index (Phi) is 3.63. The summed E-state index contributed by atoms with van der Waals surface area (Å²) in [6.45, 7) is 4.06. The second-order valence-electron chi connectivity index (χ2n) is 6.96. The van der Waals surface area contributed by atoms with Crippen LogP contribution in [0.15, 0.2) is 24.4 Å². The molecule has 2 saturated heterocycles. The quantitative estimate of drug-likeness (QED) is 0.916. The Morgan fingerprint density at radius 1 is 1.17 bits per heavy atom. The summed E-state index contributed by atoms with van der Waals surface area (Å²) in [7, 11) is 0. The molecule has 0 bridgehead atoms. The molecule has 3 heterocycles. The molecule has 24 heavy (non-hydrogen) atoms. The maximum Gasteiger partial charge on any atom is 0.393 e. The van der Waals surface area contributed by atoms with Gasteiger partial charge in [-0.05, 0) is 43.6 Å². The molecule has 2 aromatic rings. The molecule has 0 aliphatic carbocycles. The molecule has 0 saturated carbocycles. The summed E-state index contributed by atoms with van der Waals surface area (Å²) >= 11 is 0. The second-order valence-corrected chi connectivity index (χ2v) is 6.96. The first-order valence-electron chi connectivity index (χ1n) is 8.21. The zero-order valence-corrected chi connectivity index (χ0v) is 13.2. The number of halogens is 3. The van der Waals surface area contributed by atoms with Crippen molar-refractivity contribution >= 4 is 16.9 Å². The van der Waals surface area contributed by atoms with Crippen LogP contribution in [-0.4, -0.2) is 42.3 Å². The van der Waals surface area contributed by atoms with E-state index in [2.05, 4.69) is 20.2 Å². The number of nitrogens with one attached hydrogen (secondary N) is 1. The largest absolute Gasteiger partial charge is 0.393 e. The lowest BCUT2D eigenvalue weighted by Crippen LogP contribution is -2.60. The standard InChI is InChI=1S/C17H19F3N4/c18-17(19,20)8-12-1-2-14-13(7-12)9-22-15(23-14)24-10-16(11-24)3-5-21-6-4-16/h1-2,7,9,21H,3-6,8,10-11H2. The molecule has 7 heteroatoms. The van der Waals surface area contributed by atoms with Crippen LogP contribution in [0.5, 0.6) is 0 Å². The monoisotopic (exact) mass is 336 g/mol. The number of hydrogen-bond acceptors (Lipinski definition) is 4. The summed E-state index contributed by atoms with van der Waals surface area (Å²) in [6.07, 6.45) is -1.14. The second kappa shape index (κ2) is 5.58. The highest BCUT2D eigenvalue weighted by molar-refractivity contribution is 5.79. The maximum absolute atomic E-state index is 12.5. The summed E-state index contributed by atoms with van der Waals surface area (Å²) < 4.78 is 37.5. The van der Waals surface area contributed by atoms with E-state index in [1.165, 1.54) is 25.0 Å². The number of benzene rings is 1. The fourth-order valence-corrected chi connectivity index (χ4v) is 3.75. The third-order valence-electron chi connectivity index (χ3n) is 5.04. The van der Waals surface area contributed by atoms with Gasteiger partial charge in [-0.15, -0.1) is 0 Å². The molecular formula is C17H19F3N4. The van der Waals surface area contributed by atoms with Crippen LogP contribution in [0.2, 0.25) is 0 Å². The Morgan fingerprint density at radius 3 is 2.62 bits per heavy atom. The summed E-state index contributed by atoms with van der Waals surface area (Å²) in [5.74, 6) is 0.676. The average molecular weight is 336 g/mol. The first-order valence-corrected chi connectivity index (χ1v) is 8.21. The van der Waals surface area contributed by atoms with E-state index in [-0.39, 0.29) is 5.56 Å². The van der Waals surface area contributed by atoms with Gasteiger partial charge in [-0.1, -0.05) is 6.07 Å². The molecule has 1 aromatic carbocycles. The fraction of sp³-hybridized carbons (Fsp3) is 0.529. The van der Waals surface area contributed by atoms with Crippen LogP contribution in [0.4, 0.5) is 19.1 Å². The zero-order valence-electron chi connectivity index (χ0n) is 13.2. The van der Waals surface area contributed by atoms with Gasteiger partial charge in [0.1, 0.15) is 0 Å². The van der Waals surface area contributed by atoms with Gasteiger partial charge in [0.15, 0.2) is 0 Å². The van der Waals surface area contributed by atoms with E-state index in [4.69, 9.17) is 0 Å². The molecule has 128 valence electrons. The van der Waals surface area contributed by atoms with Crippen molar-refractivity contribution < 1.29 is 13.2 Å². The number of aromatic nitrogens is 2. The Labute approximate surface area is 138 Å². The molecule has 0 unspecified atom stereocenters. The topological polar surface area (TPSA) is 41.1 Å². The van der Waals surface area contributed by atoms with Gasteiger partial charge in [-0.2, -0.15) is 13.2 Å². The van der Waals surface area contributed by atoms with Crippen molar-refractivity contribution in [3.63, 3.8) is 0 Å². The van der Waals surface area contributed by atoms with Crippen LogP contribution >= 0.6 is 0 Å². The van der Waals surface area contributed by atoms with Crippen LogP contribution in [-0.2, 0) is 6.42 Å². The van der Waals surface area contributed by atoms with E-state index < -0.39 is 12.6 Å². The number of rotatable bonds is 2. The van der Waals surface area contributed by atoms with Crippen LogP contribution < -0.4 is 10.2 Å². The molecular weight excluding hydrogens is 317 g/mol. The highest BCUT2D eigenvalue weighted by Gasteiger charge is 2.44. The van der Waals surface area contributed by atoms with E-state index in [0.29, 0.717) is 22.3 Å². The maximum atomic E-state index is 12.5. The van der Waals surface area contributed by atoms with Gasteiger partial charge in [0.25, 0.3) is 0 Å². The van der Waals surface area contributed by atoms with Crippen molar-refractivity contribution in [1.82, 2.24) is 15.3 Å². The molecule has 2 aliphatic rings. The summed E-state index contributed by atoms with van der Waals surface area (Å²) in [6, 6.07) is 4.68. The van der Waals surface area contributed by atoms with E-state index >= 15 is 0 Å². The van der Waals surface area contributed by atoms with Crippen LogP contribution in [0.1, 0.15) is 18.4 Å². The van der Waals surface area contributed by atoms with Gasteiger partial charge >= 0.3 is 6.18 Å². The van der Waals surface area contributed by atoms with Crippen molar-refractivity contribution in [2.45, 2.75) is 25.4 Å². The van der Waals surface area contributed by atoms with Gasteiger partial charge in [0.05, 0.1) is 11.9 Å². The summed E-state index contributed by atoms with van der Waals surface area (Å²) in [5.41, 5.74) is 1.32. The molecule has 1 aromatic heterocycles. The SMILES string of the molecule is FC(F)(F)Cc1ccc2nc(N3CC4(CCNCC4)C3)ncc2c1. The minimum Gasteiger partial charge on any atom is -0.340 e. The highest BCUT2D eigenvalue weighted by atomic mass is 19.4. The predicted octanol–water partition coefficient (Wildman–Crippen LogP) is 2.92. The molecule has 2 fully saturated rings. The van der Waals surface area contributed by atoms with Crippen molar-refractivity contribution in [2.24, 2.45) is 5.41 Å². The normalized spacial score (nSPS) is 20.4. The van der Waals surface area contributed by atoms with Gasteiger partial charge in [0.2, 0.25) is 5.95 Å². The summed E-state index contributed by atoms with van der Waals surface area (Å²) in [5, 5.41) is 4.03. The molecule has 0 amide bonds. The molecule has 2 aliphatic heterocycles. The van der Waals surface area contributed by atoms with Crippen molar-refractivity contribution in [3.8, 4) is 0 Å². The molecule has 4 rings (SSSR count). The van der Waals surface area contributed by atoms with E-state index in [0.717, 1.165) is 26.2 Å². The van der Waals surface area contributed by atoms with Gasteiger partial charge in [0, 0.05) is 30.1 Å². The average Bonchev–Trinajstić information content (AvgIpc) is 2.51. The molecule has 1 N–H and O–H groups in total. The van der Waals surface area contributed by atoms with Crippen molar-refractivity contribution in [2.75, 3.05) is 31.1 Å². The lowest BCUT2D eigenvalue weighted by molar-refractivity contribution is -0.127. The number of piperidine rings is 1. The third kappa shape index (κ3) is 3.05. The van der Waals surface area contributed by atoms with Crippen molar-refractivity contribution in [1.29, 1.82) is 0 Å². The first-order chi connectivity index (χ1) is 11.4. The predicted molar refractivity (Wildman–Crippen MR) is 86.0 cm³/mol. The van der Waals surface area contributed by atoms with Crippen LogP contribution in [0.25, 0.3) is 10.9 Å². The minimum absolute atomic E-state index is 0.240. The number of fused-ring (bicyclic) bond motifs is 1. The number of anilines is 1. The number of nitrogens with zero attached hydrogens (tertiary/aromatic N) is 3. The van der Waals surface area contributed by atoms with Crippen LogP contribution in [0.3, 0.4) is 0 Å². The highest BCUT2D eigenvalue weighted by Crippen LogP contribution is 2.40. The zero-order chi connectivity index (χ0) is 16.8. The number of alkyl halides is 3. The first kappa shape index (κ1) is 15.6. The van der Waals surface area contributed by atoms with Gasteiger partial charge in [-0.25, -0.2) is 9.97 Å². The Balaban J connectivity index is 1.51. The Bertz CT molecular complexity index is 745. The summed E-state index contributed by atoms with van der Waals surface area (Å²) in [4.78, 5) is 11.1. The van der Waals surface area contributed by atoms with Crippen molar-refractivity contribution in [3.05, 3.63) is 30.0 Å². The fourth-order valence-electron chi connectivity index (χ4n) is 3.75. The third-order valence-corrected chi connectivity index (χ3v) is 5.04. The number of hydrogen-bond donors (Lipinski definition) is 1. The molecule has 0 atom stereocenters. The molecule has 4 nitrogen and oxygen atoms in total. The van der Waals surface area contributed by atoms with E-state index in [1.54, 1.807) is 12.3 Å². The Morgan fingerprint density at radius 2 is 1.92 bits per heavy atom. The van der Waals surface area contributed by atoms with Gasteiger partial charge in [-0.3, -0.25) is 0 Å². The minimum atomic E-state index is -4.20. The molecule has 1 spiro atoms. The lowest BCUT2D eigenvalue weighted by atomic mass is 9.72. The lowest BCUT2D eigenvalue weighted by Gasteiger charge is -2.52. The Hall–Kier alpha value is -1.89. The molecule has 0 radical (unpaired) electrons. The van der Waals surface area contributed by atoms with Crippen LogP contribution in [0, 0.1) is 5.41 Å². The van der Waals surface area contributed by atoms with E-state index in [1.807, 2.05) is 0 Å². The smallest absolute Gasteiger partial charge is 0.340 e. The van der Waals surface area contributed by atoms with Gasteiger partial charge < -0.3 is 10.2 Å². The van der Waals surface area contributed by atoms with E-state index in [9.17, 15) is 13.2 Å².